The zero-order valence-corrected chi connectivity index (χ0v) is 19.3. The van der Waals surface area contributed by atoms with E-state index in [1.54, 1.807) is 24.3 Å². The Labute approximate surface area is 198 Å². The average molecular weight is 502 g/mol. The number of nitrogens with zero attached hydrogens (tertiary/aromatic N) is 2. The summed E-state index contributed by atoms with van der Waals surface area (Å²) in [5, 5.41) is 0. The Morgan fingerprint density at radius 3 is 2.40 bits per heavy atom. The molecular weight excluding hydrogens is 478 g/mol. The van der Waals surface area contributed by atoms with Crippen LogP contribution in [0.1, 0.15) is 19.4 Å². The molecule has 0 saturated carbocycles. The number of hydrogen-bond acceptors (Lipinski definition) is 5. The van der Waals surface area contributed by atoms with Crippen molar-refractivity contribution >= 4 is 17.3 Å². The molecule has 2 heterocycles. The average Bonchev–Trinajstić information content (AvgIpc) is 2.69. The van der Waals surface area contributed by atoms with Crippen molar-refractivity contribution in [2.24, 2.45) is 5.92 Å². The highest BCUT2D eigenvalue weighted by Crippen LogP contribution is 2.48. The Morgan fingerprint density at radius 2 is 1.80 bits per heavy atom. The van der Waals surface area contributed by atoms with Gasteiger partial charge in [0, 0.05) is 24.3 Å². The summed E-state index contributed by atoms with van der Waals surface area (Å²) >= 11 is 0. The minimum atomic E-state index is -4.73. The van der Waals surface area contributed by atoms with Crippen molar-refractivity contribution in [2.45, 2.75) is 31.8 Å². The maximum atomic E-state index is 13.7. The van der Waals surface area contributed by atoms with Gasteiger partial charge in [0.05, 0.1) is 30.8 Å². The van der Waals surface area contributed by atoms with Gasteiger partial charge in [-0.1, -0.05) is 12.1 Å². The number of carbonyl (C=O) groups excluding carboxylic acids is 1. The van der Waals surface area contributed by atoms with E-state index >= 15 is 0 Å². The minimum absolute atomic E-state index is 0.0125. The van der Waals surface area contributed by atoms with E-state index in [1.165, 1.54) is 21.0 Å². The summed E-state index contributed by atoms with van der Waals surface area (Å²) in [5.41, 5.74) is -1.27. The summed E-state index contributed by atoms with van der Waals surface area (Å²) < 4.78 is 92.0. The molecule has 4 rings (SSSR count). The first-order chi connectivity index (χ1) is 16.2. The monoisotopic (exact) mass is 502 g/mol. The van der Waals surface area contributed by atoms with Crippen LogP contribution < -0.4 is 14.5 Å². The second kappa shape index (κ2) is 8.53. The van der Waals surface area contributed by atoms with Crippen molar-refractivity contribution < 1.29 is 40.6 Å². The molecule has 0 radical (unpaired) electrons. The largest absolute Gasteiger partial charge is 0.484 e. The number of hydrogen-bond donors (Lipinski definition) is 0. The molecule has 2 aromatic carbocycles. The summed E-state index contributed by atoms with van der Waals surface area (Å²) in [7, 11) is 1.29. The van der Waals surface area contributed by atoms with Crippen molar-refractivity contribution in [3.63, 3.8) is 0 Å². The highest BCUT2D eigenvalue weighted by Gasteiger charge is 2.42. The number of alkyl halides is 6. The Morgan fingerprint density at radius 1 is 1.11 bits per heavy atom. The smallest absolute Gasteiger partial charge is 0.416 e. The molecular formula is C24H24F6N2O3. The maximum Gasteiger partial charge on any atom is 0.416 e. The minimum Gasteiger partial charge on any atom is -0.484 e. The van der Waals surface area contributed by atoms with Crippen molar-refractivity contribution in [2.75, 3.05) is 43.1 Å². The van der Waals surface area contributed by atoms with E-state index < -0.39 is 30.1 Å². The topological polar surface area (TPSA) is 42.0 Å². The lowest BCUT2D eigenvalue weighted by Crippen LogP contribution is -2.50. The van der Waals surface area contributed by atoms with Gasteiger partial charge in [0.1, 0.15) is 17.9 Å². The van der Waals surface area contributed by atoms with Crippen LogP contribution in [0.15, 0.2) is 36.4 Å². The standard InChI is InChI=1S/C24H24F6N2O3/c1-22(2)12-32(13-23(25,26)27)20-18(8-16(24(28,29)30)9-19(20)35-22)14-5-4-6-17(7-14)31-10-15(11-31)21(33)34-3/h4-9,15H,10-13H2,1-3H3. The van der Waals surface area contributed by atoms with Crippen molar-refractivity contribution in [3.05, 3.63) is 42.0 Å². The number of halogens is 6. The number of carbonyl (C=O) groups is 1. The lowest BCUT2D eigenvalue weighted by atomic mass is 9.94. The molecule has 0 spiro atoms. The van der Waals surface area contributed by atoms with E-state index in [-0.39, 0.29) is 35.4 Å². The SMILES string of the molecule is COC(=O)C1CN(c2cccc(-c3cc(C(F)(F)F)cc4c3N(CC(F)(F)F)CC(C)(C)O4)c2)C1. The second-order valence-electron chi connectivity index (χ2n) is 9.38. The zero-order chi connectivity index (χ0) is 25.8. The number of ether oxygens (including phenoxy) is 2. The van der Waals surface area contributed by atoms with Crippen LogP contribution in [-0.2, 0) is 15.7 Å². The summed E-state index contributed by atoms with van der Waals surface area (Å²) in [4.78, 5) is 14.6. The summed E-state index contributed by atoms with van der Waals surface area (Å²) in [6.07, 6.45) is -9.31. The Kier molecular flexibility index (Phi) is 6.09. The molecule has 1 saturated heterocycles. The molecule has 0 aromatic heterocycles. The van der Waals surface area contributed by atoms with Crippen molar-refractivity contribution in [1.29, 1.82) is 0 Å². The van der Waals surface area contributed by atoms with E-state index in [0.29, 0.717) is 24.3 Å². The molecule has 35 heavy (non-hydrogen) atoms. The fraction of sp³-hybridized carbons (Fsp3) is 0.458. The molecule has 0 N–H and O–H groups in total. The number of rotatable bonds is 4. The van der Waals surface area contributed by atoms with E-state index in [1.807, 2.05) is 4.90 Å². The van der Waals surface area contributed by atoms with Gasteiger partial charge >= 0.3 is 18.3 Å². The molecule has 0 aliphatic carbocycles. The van der Waals surface area contributed by atoms with Crippen LogP contribution in [0, 0.1) is 5.92 Å². The van der Waals surface area contributed by atoms with Gasteiger partial charge in [-0.05, 0) is 43.7 Å². The van der Waals surface area contributed by atoms with Gasteiger partial charge in [0.25, 0.3) is 0 Å². The molecule has 190 valence electrons. The third kappa shape index (κ3) is 5.28. The molecule has 11 heteroatoms. The molecule has 5 nitrogen and oxygen atoms in total. The Hall–Kier alpha value is -3.11. The van der Waals surface area contributed by atoms with E-state index in [0.717, 1.165) is 17.0 Å². The van der Waals surface area contributed by atoms with Crippen molar-refractivity contribution in [3.8, 4) is 16.9 Å². The van der Waals surface area contributed by atoms with Gasteiger partial charge < -0.3 is 19.3 Å². The Balaban J connectivity index is 1.81. The van der Waals surface area contributed by atoms with Crippen molar-refractivity contribution in [1.82, 2.24) is 0 Å². The summed E-state index contributed by atoms with van der Waals surface area (Å²) in [6.45, 7) is 2.30. The highest BCUT2D eigenvalue weighted by atomic mass is 19.4. The predicted molar refractivity (Wildman–Crippen MR) is 118 cm³/mol. The van der Waals surface area contributed by atoms with Crippen LogP contribution >= 0.6 is 0 Å². The first kappa shape index (κ1) is 25.0. The summed E-state index contributed by atoms with van der Waals surface area (Å²) in [6, 6.07) is 8.10. The van der Waals surface area contributed by atoms with Crippen LogP contribution in [-0.4, -0.2) is 51.0 Å². The first-order valence-corrected chi connectivity index (χ1v) is 10.9. The molecule has 0 unspecified atom stereocenters. The van der Waals surface area contributed by atoms with Gasteiger partial charge in [0.2, 0.25) is 0 Å². The number of methoxy groups -OCH3 is 1. The third-order valence-electron chi connectivity index (χ3n) is 5.98. The lowest BCUT2D eigenvalue weighted by Gasteiger charge is -2.42. The Bertz CT molecular complexity index is 1120. The normalized spacial score (nSPS) is 18.0. The molecule has 0 bridgehead atoms. The fourth-order valence-electron chi connectivity index (χ4n) is 4.49. The van der Waals surface area contributed by atoms with Crippen LogP contribution in [0.2, 0.25) is 0 Å². The third-order valence-corrected chi connectivity index (χ3v) is 5.98. The zero-order valence-electron chi connectivity index (χ0n) is 19.3. The van der Waals surface area contributed by atoms with Gasteiger partial charge in [0.15, 0.2) is 0 Å². The number of fused-ring (bicyclic) bond motifs is 1. The highest BCUT2D eigenvalue weighted by molar-refractivity contribution is 5.86. The molecule has 2 aromatic rings. The lowest BCUT2D eigenvalue weighted by molar-refractivity contribution is -0.146. The van der Waals surface area contributed by atoms with Gasteiger partial charge in [-0.2, -0.15) is 26.3 Å². The maximum absolute atomic E-state index is 13.7. The predicted octanol–water partition coefficient (Wildman–Crippen LogP) is 5.52. The van der Waals surface area contributed by atoms with Crippen LogP contribution in [0.5, 0.6) is 5.75 Å². The van der Waals surface area contributed by atoms with Crippen LogP contribution in [0.4, 0.5) is 37.7 Å². The van der Waals surface area contributed by atoms with Gasteiger partial charge in [-0.3, -0.25) is 4.79 Å². The number of anilines is 2. The number of esters is 1. The molecule has 0 amide bonds. The van der Waals surface area contributed by atoms with Crippen LogP contribution in [0.3, 0.4) is 0 Å². The van der Waals surface area contributed by atoms with Crippen LogP contribution in [0.25, 0.3) is 11.1 Å². The van der Waals surface area contributed by atoms with E-state index in [4.69, 9.17) is 9.47 Å². The molecule has 1 fully saturated rings. The van der Waals surface area contributed by atoms with E-state index in [2.05, 4.69) is 0 Å². The number of benzene rings is 2. The fourth-order valence-corrected chi connectivity index (χ4v) is 4.49. The van der Waals surface area contributed by atoms with Gasteiger partial charge in [-0.15, -0.1) is 0 Å². The quantitative estimate of drug-likeness (QED) is 0.407. The molecule has 2 aliphatic heterocycles. The first-order valence-electron chi connectivity index (χ1n) is 10.9. The molecule has 2 aliphatic rings. The van der Waals surface area contributed by atoms with E-state index in [9.17, 15) is 31.1 Å². The molecule has 0 atom stereocenters. The second-order valence-corrected chi connectivity index (χ2v) is 9.38. The van der Waals surface area contributed by atoms with Gasteiger partial charge in [-0.25, -0.2) is 0 Å². The summed E-state index contributed by atoms with van der Waals surface area (Å²) in [5.74, 6) is -0.926.